The Labute approximate surface area is 107 Å². The number of benzene rings is 1. The van der Waals surface area contributed by atoms with Gasteiger partial charge >= 0.3 is 0 Å². The molecule has 0 radical (unpaired) electrons. The summed E-state index contributed by atoms with van der Waals surface area (Å²) in [4.78, 5) is 13.3. The molecule has 0 saturated carbocycles. The highest BCUT2D eigenvalue weighted by Crippen LogP contribution is 2.14. The zero-order valence-corrected chi connectivity index (χ0v) is 10.9. The molecule has 0 fully saturated rings. The van der Waals surface area contributed by atoms with Crippen LogP contribution in [0.25, 0.3) is 0 Å². The van der Waals surface area contributed by atoms with Crippen LogP contribution in [-0.2, 0) is 4.79 Å². The van der Waals surface area contributed by atoms with Crippen LogP contribution >= 0.6 is 12.2 Å². The average Bonchev–Trinajstić information content (AvgIpc) is 2.29. The van der Waals surface area contributed by atoms with E-state index in [1.807, 2.05) is 24.3 Å². The molecule has 1 aromatic rings. The highest BCUT2D eigenvalue weighted by Gasteiger charge is 2.06. The van der Waals surface area contributed by atoms with Gasteiger partial charge < -0.3 is 16.0 Å². The van der Waals surface area contributed by atoms with Gasteiger partial charge in [-0.3, -0.25) is 4.79 Å². The van der Waals surface area contributed by atoms with Gasteiger partial charge in [0.25, 0.3) is 0 Å². The third kappa shape index (κ3) is 4.03. The quantitative estimate of drug-likeness (QED) is 0.772. The fourth-order valence-electron chi connectivity index (χ4n) is 1.38. The molecule has 17 heavy (non-hydrogen) atoms. The summed E-state index contributed by atoms with van der Waals surface area (Å²) in [5, 5.41) is 3.17. The predicted molar refractivity (Wildman–Crippen MR) is 74.1 cm³/mol. The van der Waals surface area contributed by atoms with E-state index >= 15 is 0 Å². The lowest BCUT2D eigenvalue weighted by atomic mass is 10.1. The Morgan fingerprint density at radius 2 is 2.06 bits per heavy atom. The first-order valence-electron chi connectivity index (χ1n) is 5.35. The van der Waals surface area contributed by atoms with Crippen LogP contribution in [0.2, 0.25) is 0 Å². The summed E-state index contributed by atoms with van der Waals surface area (Å²) >= 11 is 4.96. The number of para-hydroxylation sites is 1. The van der Waals surface area contributed by atoms with Crippen LogP contribution < -0.4 is 11.1 Å². The molecule has 1 rings (SSSR count). The molecule has 0 heterocycles. The molecule has 1 amide bonds. The normalized spacial score (nSPS) is 9.76. The number of hydrogen-bond acceptors (Lipinski definition) is 3. The Kier molecular flexibility index (Phi) is 4.90. The second-order valence-electron chi connectivity index (χ2n) is 3.87. The van der Waals surface area contributed by atoms with Gasteiger partial charge in [0.1, 0.15) is 4.99 Å². The fraction of sp³-hybridized carbons (Fsp3) is 0.333. The van der Waals surface area contributed by atoms with Crippen molar-refractivity contribution in [3.05, 3.63) is 29.8 Å². The van der Waals surface area contributed by atoms with Crippen molar-refractivity contribution in [1.29, 1.82) is 0 Å². The lowest BCUT2D eigenvalue weighted by Crippen LogP contribution is -2.24. The minimum absolute atomic E-state index is 0.0882. The number of amides is 1. The van der Waals surface area contributed by atoms with E-state index in [9.17, 15) is 4.79 Å². The van der Waals surface area contributed by atoms with Crippen LogP contribution in [0.1, 0.15) is 12.0 Å². The average molecular weight is 251 g/mol. The second-order valence-corrected chi connectivity index (χ2v) is 4.31. The molecule has 5 heteroatoms. The summed E-state index contributed by atoms with van der Waals surface area (Å²) in [6, 6.07) is 7.54. The molecular formula is C12H17N3OS. The number of carbonyl (C=O) groups is 1. The zero-order chi connectivity index (χ0) is 12.8. The van der Waals surface area contributed by atoms with Crippen LogP contribution in [0.5, 0.6) is 0 Å². The molecule has 92 valence electrons. The summed E-state index contributed by atoms with van der Waals surface area (Å²) in [6.07, 6.45) is 0.443. The zero-order valence-electron chi connectivity index (χ0n) is 10.1. The molecular weight excluding hydrogens is 234 g/mol. The van der Waals surface area contributed by atoms with E-state index in [0.717, 1.165) is 11.3 Å². The Hall–Kier alpha value is -1.62. The van der Waals surface area contributed by atoms with Gasteiger partial charge in [0.2, 0.25) is 5.91 Å². The summed E-state index contributed by atoms with van der Waals surface area (Å²) < 4.78 is 0. The molecule has 0 aliphatic carbocycles. The van der Waals surface area contributed by atoms with Crippen LogP contribution in [0.4, 0.5) is 5.69 Å². The summed E-state index contributed by atoms with van der Waals surface area (Å²) in [5.41, 5.74) is 7.28. The van der Waals surface area contributed by atoms with Gasteiger partial charge in [-0.1, -0.05) is 24.4 Å². The Morgan fingerprint density at radius 3 is 2.65 bits per heavy atom. The van der Waals surface area contributed by atoms with E-state index in [-0.39, 0.29) is 5.91 Å². The minimum Gasteiger partial charge on any atom is -0.389 e. The van der Waals surface area contributed by atoms with E-state index in [1.165, 1.54) is 0 Å². The molecule has 0 spiro atoms. The third-order valence-electron chi connectivity index (χ3n) is 2.35. The first-order valence-corrected chi connectivity index (χ1v) is 5.76. The highest BCUT2D eigenvalue weighted by molar-refractivity contribution is 7.80. The maximum atomic E-state index is 11.4. The monoisotopic (exact) mass is 251 g/mol. The lowest BCUT2D eigenvalue weighted by Gasteiger charge is -2.13. The maximum Gasteiger partial charge on any atom is 0.223 e. The molecule has 3 N–H and O–H groups in total. The predicted octanol–water partition coefficient (Wildman–Crippen LogP) is 1.21. The molecule has 0 aromatic heterocycles. The van der Waals surface area contributed by atoms with Crippen molar-refractivity contribution in [2.75, 3.05) is 26.0 Å². The van der Waals surface area contributed by atoms with Crippen LogP contribution in [-0.4, -0.2) is 36.4 Å². The molecule has 0 aliphatic rings. The SMILES string of the molecule is CN(C)C(=O)CCNc1ccccc1C(N)=S. The number of hydrogen-bond donors (Lipinski definition) is 2. The molecule has 0 unspecified atom stereocenters. The van der Waals surface area contributed by atoms with Crippen LogP contribution in [0.3, 0.4) is 0 Å². The maximum absolute atomic E-state index is 11.4. The molecule has 0 atom stereocenters. The van der Waals surface area contributed by atoms with Gasteiger partial charge in [-0.2, -0.15) is 0 Å². The van der Waals surface area contributed by atoms with Crippen molar-refractivity contribution < 1.29 is 4.79 Å². The van der Waals surface area contributed by atoms with Gasteiger partial charge in [-0.05, 0) is 12.1 Å². The van der Waals surface area contributed by atoms with E-state index in [4.69, 9.17) is 18.0 Å². The van der Waals surface area contributed by atoms with Crippen molar-refractivity contribution in [2.45, 2.75) is 6.42 Å². The van der Waals surface area contributed by atoms with Crippen molar-refractivity contribution >= 4 is 28.8 Å². The number of nitrogens with one attached hydrogen (secondary N) is 1. The van der Waals surface area contributed by atoms with E-state index in [0.29, 0.717) is 18.0 Å². The number of nitrogens with zero attached hydrogens (tertiary/aromatic N) is 1. The number of anilines is 1. The smallest absolute Gasteiger partial charge is 0.223 e. The largest absolute Gasteiger partial charge is 0.389 e. The number of thiocarbonyl (C=S) groups is 1. The molecule has 0 aliphatic heterocycles. The van der Waals surface area contributed by atoms with Gasteiger partial charge in [0.05, 0.1) is 0 Å². The van der Waals surface area contributed by atoms with Crippen LogP contribution in [0, 0.1) is 0 Å². The second kappa shape index (κ2) is 6.20. The lowest BCUT2D eigenvalue weighted by molar-refractivity contribution is -0.128. The van der Waals surface area contributed by atoms with Gasteiger partial charge in [0.15, 0.2) is 0 Å². The minimum atomic E-state index is 0.0882. The van der Waals surface area contributed by atoms with E-state index in [2.05, 4.69) is 5.32 Å². The summed E-state index contributed by atoms with van der Waals surface area (Å²) in [7, 11) is 3.48. The molecule has 4 nitrogen and oxygen atoms in total. The number of rotatable bonds is 5. The van der Waals surface area contributed by atoms with Crippen molar-refractivity contribution in [2.24, 2.45) is 5.73 Å². The fourth-order valence-corrected chi connectivity index (χ4v) is 1.56. The molecule has 0 saturated heterocycles. The Balaban J connectivity index is 2.58. The topological polar surface area (TPSA) is 58.4 Å². The number of carbonyl (C=O) groups excluding carboxylic acids is 1. The van der Waals surface area contributed by atoms with Crippen molar-refractivity contribution in [3.8, 4) is 0 Å². The van der Waals surface area contributed by atoms with Gasteiger partial charge in [0, 0.05) is 38.3 Å². The van der Waals surface area contributed by atoms with Gasteiger partial charge in [-0.15, -0.1) is 0 Å². The van der Waals surface area contributed by atoms with Crippen molar-refractivity contribution in [3.63, 3.8) is 0 Å². The summed E-state index contributed by atoms with van der Waals surface area (Å²) in [6.45, 7) is 0.566. The van der Waals surface area contributed by atoms with Crippen molar-refractivity contribution in [1.82, 2.24) is 4.90 Å². The van der Waals surface area contributed by atoms with Gasteiger partial charge in [-0.25, -0.2) is 0 Å². The highest BCUT2D eigenvalue weighted by atomic mass is 32.1. The van der Waals surface area contributed by atoms with E-state index in [1.54, 1.807) is 19.0 Å². The molecule has 0 bridgehead atoms. The first-order chi connectivity index (χ1) is 8.02. The summed E-state index contributed by atoms with van der Waals surface area (Å²) in [5.74, 6) is 0.0882. The number of nitrogens with two attached hydrogens (primary N) is 1. The van der Waals surface area contributed by atoms with Crippen LogP contribution in [0.15, 0.2) is 24.3 Å². The Bertz CT molecular complexity index is 418. The molecule has 1 aromatic carbocycles. The van der Waals surface area contributed by atoms with E-state index < -0.39 is 0 Å². The standard InChI is InChI=1S/C12H17N3OS/c1-15(2)11(16)7-8-14-10-6-4-3-5-9(10)12(13)17/h3-6,14H,7-8H2,1-2H3,(H2,13,17). The third-order valence-corrected chi connectivity index (χ3v) is 2.57. The first kappa shape index (κ1) is 13.4. The Morgan fingerprint density at radius 1 is 1.41 bits per heavy atom.